The number of carbonyl (C=O) groups is 1. The number of hydrogen-bond donors (Lipinski definition) is 1. The molecule has 0 radical (unpaired) electrons. The Balaban J connectivity index is 1.52. The summed E-state index contributed by atoms with van der Waals surface area (Å²) in [5, 5.41) is 3.75. The average Bonchev–Trinajstić information content (AvgIpc) is 2.78. The summed E-state index contributed by atoms with van der Waals surface area (Å²) in [5.41, 5.74) is 2.23. The molecule has 3 heterocycles. The van der Waals surface area contributed by atoms with Gasteiger partial charge in [-0.05, 0) is 63.2 Å². The van der Waals surface area contributed by atoms with E-state index >= 15 is 0 Å². The number of anilines is 1. The molecule has 172 valence electrons. The maximum absolute atomic E-state index is 14.7. The molecule has 0 spiro atoms. The van der Waals surface area contributed by atoms with Gasteiger partial charge >= 0.3 is 0 Å². The number of halogens is 2. The average molecular weight is 444 g/mol. The van der Waals surface area contributed by atoms with E-state index < -0.39 is 24.8 Å². The van der Waals surface area contributed by atoms with Crippen LogP contribution < -0.4 is 10.2 Å². The van der Waals surface area contributed by atoms with E-state index in [1.807, 2.05) is 18.2 Å². The van der Waals surface area contributed by atoms with Crippen LogP contribution in [0, 0.1) is 11.8 Å². The minimum absolute atomic E-state index is 0.264. The quantitative estimate of drug-likeness (QED) is 0.721. The largest absolute Gasteiger partial charge is 0.364 e. The van der Waals surface area contributed by atoms with Gasteiger partial charge in [-0.15, -0.1) is 0 Å². The van der Waals surface area contributed by atoms with Gasteiger partial charge in [-0.1, -0.05) is 0 Å². The molecule has 1 aromatic carbocycles. The number of rotatable bonds is 5. The number of likely N-dealkylation sites (tertiary alicyclic amines) is 1. The Bertz CT molecular complexity index is 988. The lowest BCUT2D eigenvalue weighted by Gasteiger charge is -2.39. The molecule has 2 aliphatic rings. The molecule has 2 fully saturated rings. The first kappa shape index (κ1) is 22.6. The third-order valence-electron chi connectivity index (χ3n) is 6.57. The van der Waals surface area contributed by atoms with Crippen LogP contribution in [-0.2, 0) is 4.79 Å². The normalized spacial score (nSPS) is 22.5. The third kappa shape index (κ3) is 5.06. The first-order chi connectivity index (χ1) is 15.4. The fourth-order valence-electron chi connectivity index (χ4n) is 4.81. The first-order valence-electron chi connectivity index (χ1n) is 11.3. The number of amides is 1. The number of nitrogens with zero attached hydrogens (tertiary/aromatic N) is 4. The highest BCUT2D eigenvalue weighted by Crippen LogP contribution is 2.36. The molecule has 6 nitrogen and oxygen atoms in total. The van der Waals surface area contributed by atoms with Crippen molar-refractivity contribution >= 4 is 28.7 Å². The van der Waals surface area contributed by atoms with Gasteiger partial charge in [-0.3, -0.25) is 14.8 Å². The van der Waals surface area contributed by atoms with Gasteiger partial charge in [0.15, 0.2) is 0 Å². The molecule has 2 saturated heterocycles. The van der Waals surface area contributed by atoms with Crippen molar-refractivity contribution in [1.82, 2.24) is 15.2 Å². The Kier molecular flexibility index (Phi) is 6.69. The van der Waals surface area contributed by atoms with Crippen LogP contribution in [0.25, 0.3) is 10.9 Å². The van der Waals surface area contributed by atoms with E-state index in [2.05, 4.69) is 27.2 Å². The Morgan fingerprint density at radius 1 is 1.31 bits per heavy atom. The lowest BCUT2D eigenvalue weighted by atomic mass is 9.92. The van der Waals surface area contributed by atoms with Gasteiger partial charge in [-0.2, -0.15) is 0 Å². The Morgan fingerprint density at radius 2 is 2.09 bits per heavy atom. The number of nitrogens with one attached hydrogen (secondary N) is 1. The number of fused-ring (bicyclic) bond motifs is 1. The van der Waals surface area contributed by atoms with Crippen molar-refractivity contribution in [3.8, 4) is 0 Å². The summed E-state index contributed by atoms with van der Waals surface area (Å²) in [5.74, 6) is -3.55. The highest BCUT2D eigenvalue weighted by atomic mass is 19.3. The molecule has 2 aliphatic heterocycles. The summed E-state index contributed by atoms with van der Waals surface area (Å²) in [4.78, 5) is 25.3. The third-order valence-corrected chi connectivity index (χ3v) is 6.57. The van der Waals surface area contributed by atoms with Crippen molar-refractivity contribution in [2.45, 2.75) is 25.2 Å². The summed E-state index contributed by atoms with van der Waals surface area (Å²) in [6, 6.07) is 7.36. The van der Waals surface area contributed by atoms with Crippen molar-refractivity contribution in [3.05, 3.63) is 36.0 Å². The number of aromatic nitrogens is 1. The summed E-state index contributed by atoms with van der Waals surface area (Å²) >= 11 is 0. The standard InChI is InChI=1S/C24H31F2N5O/c1-27-14-18-5-6-21(20-4-3-9-28-22(18)20)31-15-19(12-24(25,26)16-31)23(32)29-13-17-7-10-30(2)11-8-17/h3-6,9,14,17,19H,7-8,10-13,15-16H2,1-2H3,(H,29,32). The van der Waals surface area contributed by atoms with Gasteiger partial charge in [0.2, 0.25) is 5.91 Å². The molecule has 2 aromatic rings. The second-order valence-electron chi connectivity index (χ2n) is 9.09. The number of piperidine rings is 2. The molecular formula is C24H31F2N5O. The molecule has 1 atom stereocenters. The van der Waals surface area contributed by atoms with E-state index in [0.717, 1.165) is 36.9 Å². The highest BCUT2D eigenvalue weighted by Gasteiger charge is 2.43. The first-order valence-corrected chi connectivity index (χ1v) is 11.3. The second-order valence-corrected chi connectivity index (χ2v) is 9.09. The maximum Gasteiger partial charge on any atom is 0.266 e. The summed E-state index contributed by atoms with van der Waals surface area (Å²) < 4.78 is 29.4. The van der Waals surface area contributed by atoms with E-state index in [-0.39, 0.29) is 12.5 Å². The smallest absolute Gasteiger partial charge is 0.266 e. The number of alkyl halides is 2. The molecule has 0 bridgehead atoms. The van der Waals surface area contributed by atoms with Crippen molar-refractivity contribution < 1.29 is 13.6 Å². The molecule has 1 amide bonds. The number of hydrogen-bond acceptors (Lipinski definition) is 5. The second kappa shape index (κ2) is 9.48. The van der Waals surface area contributed by atoms with Gasteiger partial charge in [0, 0.05) is 55.6 Å². The number of aliphatic imine (C=N–C) groups is 1. The topological polar surface area (TPSA) is 60.8 Å². The van der Waals surface area contributed by atoms with Crippen LogP contribution in [0.3, 0.4) is 0 Å². The minimum atomic E-state index is -2.94. The highest BCUT2D eigenvalue weighted by molar-refractivity contribution is 6.03. The molecule has 32 heavy (non-hydrogen) atoms. The maximum atomic E-state index is 14.7. The van der Waals surface area contributed by atoms with Crippen molar-refractivity contribution in [2.24, 2.45) is 16.8 Å². The van der Waals surface area contributed by atoms with E-state index in [1.165, 1.54) is 0 Å². The van der Waals surface area contributed by atoms with Crippen LogP contribution in [0.5, 0.6) is 0 Å². The Labute approximate surface area is 187 Å². The molecule has 4 rings (SSSR count). The van der Waals surface area contributed by atoms with Crippen molar-refractivity contribution in [2.75, 3.05) is 51.7 Å². The predicted molar refractivity (Wildman–Crippen MR) is 124 cm³/mol. The zero-order valence-corrected chi connectivity index (χ0v) is 18.7. The summed E-state index contributed by atoms with van der Waals surface area (Å²) in [6.07, 6.45) is 5.03. The number of carbonyl (C=O) groups excluding carboxylic acids is 1. The number of benzene rings is 1. The fraction of sp³-hybridized carbons (Fsp3) is 0.542. The van der Waals surface area contributed by atoms with Crippen LogP contribution in [-0.4, -0.2) is 74.7 Å². The predicted octanol–water partition coefficient (Wildman–Crippen LogP) is 3.20. The number of pyridine rings is 1. The van der Waals surface area contributed by atoms with Gasteiger partial charge in [0.05, 0.1) is 18.0 Å². The van der Waals surface area contributed by atoms with E-state index in [4.69, 9.17) is 0 Å². The fourth-order valence-corrected chi connectivity index (χ4v) is 4.81. The monoisotopic (exact) mass is 443 g/mol. The molecule has 1 N–H and O–H groups in total. The molecule has 1 unspecified atom stereocenters. The van der Waals surface area contributed by atoms with Crippen LogP contribution in [0.15, 0.2) is 35.5 Å². The lowest BCUT2D eigenvalue weighted by molar-refractivity contribution is -0.130. The summed E-state index contributed by atoms with van der Waals surface area (Å²) in [6.45, 7) is 2.44. The molecule has 1 aromatic heterocycles. The zero-order valence-electron chi connectivity index (χ0n) is 18.7. The molecule has 0 aliphatic carbocycles. The molecular weight excluding hydrogens is 412 g/mol. The molecule has 8 heteroatoms. The van der Waals surface area contributed by atoms with Gasteiger partial charge in [0.25, 0.3) is 5.92 Å². The molecule has 0 saturated carbocycles. The zero-order chi connectivity index (χ0) is 22.7. The van der Waals surface area contributed by atoms with Gasteiger partial charge < -0.3 is 15.1 Å². The van der Waals surface area contributed by atoms with E-state index in [9.17, 15) is 13.6 Å². The van der Waals surface area contributed by atoms with Crippen LogP contribution in [0.4, 0.5) is 14.5 Å². The van der Waals surface area contributed by atoms with Crippen molar-refractivity contribution in [1.29, 1.82) is 0 Å². The Morgan fingerprint density at radius 3 is 2.84 bits per heavy atom. The lowest BCUT2D eigenvalue weighted by Crippen LogP contribution is -2.52. The Hall–Kier alpha value is -2.61. The minimum Gasteiger partial charge on any atom is -0.364 e. The van der Waals surface area contributed by atoms with E-state index in [1.54, 1.807) is 30.4 Å². The van der Waals surface area contributed by atoms with Gasteiger partial charge in [0.1, 0.15) is 0 Å². The van der Waals surface area contributed by atoms with Gasteiger partial charge in [-0.25, -0.2) is 8.78 Å². The van der Waals surface area contributed by atoms with Crippen LogP contribution in [0.2, 0.25) is 0 Å². The van der Waals surface area contributed by atoms with Crippen LogP contribution >= 0.6 is 0 Å². The van der Waals surface area contributed by atoms with E-state index in [0.29, 0.717) is 23.7 Å². The van der Waals surface area contributed by atoms with Crippen LogP contribution in [0.1, 0.15) is 24.8 Å². The summed E-state index contributed by atoms with van der Waals surface area (Å²) in [7, 11) is 3.77. The van der Waals surface area contributed by atoms with Crippen molar-refractivity contribution in [3.63, 3.8) is 0 Å². The SMILES string of the molecule is CN=Cc1ccc(N2CC(C(=O)NCC3CCN(C)CC3)CC(F)(F)C2)c2cccnc12.